The molecule has 0 spiro atoms. The number of rotatable bonds is 15. The zero-order chi connectivity index (χ0) is 25.2. The first-order valence-electron chi connectivity index (χ1n) is 10.4. The average molecular weight is 517 g/mol. The monoisotopic (exact) mass is 516 g/mol. The molecule has 0 bridgehead atoms. The Morgan fingerprint density at radius 1 is 0.588 bits per heavy atom. The summed E-state index contributed by atoms with van der Waals surface area (Å²) in [6.45, 7) is 4.00. The Morgan fingerprint density at radius 3 is 1.24 bits per heavy atom. The van der Waals surface area contributed by atoms with Gasteiger partial charge in [0.05, 0.1) is 9.79 Å². The second kappa shape index (κ2) is 13.0. The lowest BCUT2D eigenvalue weighted by Gasteiger charge is -2.15. The van der Waals surface area contributed by atoms with Gasteiger partial charge in [0.2, 0.25) is 0 Å². The molecule has 2 rings (SSSR count). The van der Waals surface area contributed by atoms with Crippen LogP contribution in [0.25, 0.3) is 0 Å². The third-order valence-electron chi connectivity index (χ3n) is 4.73. The van der Waals surface area contributed by atoms with Crippen LogP contribution in [0.15, 0.2) is 46.2 Å². The van der Waals surface area contributed by atoms with E-state index in [-0.39, 0.29) is 45.5 Å². The molecule has 12 nitrogen and oxygen atoms in total. The van der Waals surface area contributed by atoms with E-state index in [1.165, 1.54) is 0 Å². The van der Waals surface area contributed by atoms with E-state index >= 15 is 0 Å². The SMILES string of the molecule is O=S(=O)(O)c1ccc([O-])c(CNCCNCCNCCNCc2cc(S(=O)(=O)O)ccc2[O-])c1. The van der Waals surface area contributed by atoms with Gasteiger partial charge in [0.25, 0.3) is 20.2 Å². The quantitative estimate of drug-likeness (QED) is 0.117. The van der Waals surface area contributed by atoms with Crippen molar-refractivity contribution in [1.29, 1.82) is 0 Å². The van der Waals surface area contributed by atoms with Crippen LogP contribution < -0.4 is 31.5 Å². The van der Waals surface area contributed by atoms with Crippen molar-refractivity contribution in [2.75, 3.05) is 39.3 Å². The Bertz CT molecular complexity index is 1070. The summed E-state index contributed by atoms with van der Waals surface area (Å²) in [5, 5.41) is 36.0. The number of hydrogen-bond acceptors (Lipinski definition) is 10. The predicted octanol–water partition coefficient (Wildman–Crippen LogP) is -1.61. The molecule has 0 radical (unpaired) electrons. The Labute approximate surface area is 198 Å². The van der Waals surface area contributed by atoms with Crippen molar-refractivity contribution < 1.29 is 36.2 Å². The van der Waals surface area contributed by atoms with Gasteiger partial charge in [0, 0.05) is 52.4 Å². The Kier molecular flexibility index (Phi) is 10.7. The van der Waals surface area contributed by atoms with Crippen molar-refractivity contribution in [1.82, 2.24) is 21.3 Å². The summed E-state index contributed by atoms with van der Waals surface area (Å²) in [5.74, 6) is -0.633. The molecule has 14 heteroatoms. The molecule has 0 saturated heterocycles. The zero-order valence-corrected chi connectivity index (χ0v) is 19.9. The minimum Gasteiger partial charge on any atom is -0.872 e. The predicted molar refractivity (Wildman–Crippen MR) is 121 cm³/mol. The van der Waals surface area contributed by atoms with Gasteiger partial charge in [-0.25, -0.2) is 0 Å². The normalized spacial score (nSPS) is 12.2. The van der Waals surface area contributed by atoms with Gasteiger partial charge in [-0.1, -0.05) is 12.1 Å². The second-order valence-electron chi connectivity index (χ2n) is 7.34. The number of nitrogens with one attached hydrogen (secondary N) is 4. The van der Waals surface area contributed by atoms with Gasteiger partial charge >= 0.3 is 0 Å². The first-order chi connectivity index (χ1) is 16.0. The highest BCUT2D eigenvalue weighted by atomic mass is 32.2. The molecule has 0 aromatic heterocycles. The fourth-order valence-corrected chi connectivity index (χ4v) is 4.00. The Hall–Kier alpha value is -2.30. The molecule has 0 fully saturated rings. The maximum Gasteiger partial charge on any atom is 0.294 e. The van der Waals surface area contributed by atoms with Crippen LogP contribution in [0.4, 0.5) is 0 Å². The fraction of sp³-hybridized carbons (Fsp3) is 0.400. The minimum atomic E-state index is -4.35. The zero-order valence-electron chi connectivity index (χ0n) is 18.3. The molecule has 0 heterocycles. The Morgan fingerprint density at radius 2 is 0.912 bits per heavy atom. The first-order valence-corrected chi connectivity index (χ1v) is 13.2. The van der Waals surface area contributed by atoms with E-state index < -0.39 is 20.2 Å². The van der Waals surface area contributed by atoms with Crippen LogP contribution in [-0.4, -0.2) is 65.2 Å². The van der Waals surface area contributed by atoms with Crippen molar-refractivity contribution in [3.05, 3.63) is 47.5 Å². The summed E-state index contributed by atoms with van der Waals surface area (Å²) in [7, 11) is -8.71. The van der Waals surface area contributed by atoms with Crippen molar-refractivity contribution >= 4 is 20.2 Å². The van der Waals surface area contributed by atoms with Crippen molar-refractivity contribution in [2.45, 2.75) is 22.9 Å². The maximum absolute atomic E-state index is 11.8. The molecule has 0 unspecified atom stereocenters. The minimum absolute atomic E-state index is 0.173. The van der Waals surface area contributed by atoms with E-state index in [0.29, 0.717) is 39.3 Å². The van der Waals surface area contributed by atoms with Gasteiger partial charge in [-0.3, -0.25) is 9.11 Å². The summed E-state index contributed by atoms with van der Waals surface area (Å²) < 4.78 is 62.7. The van der Waals surface area contributed by atoms with Gasteiger partial charge in [-0.05, 0) is 35.4 Å². The van der Waals surface area contributed by atoms with Crippen LogP contribution in [-0.2, 0) is 33.3 Å². The van der Waals surface area contributed by atoms with Gasteiger partial charge in [0.15, 0.2) is 0 Å². The largest absolute Gasteiger partial charge is 0.872 e. The third kappa shape index (κ3) is 9.52. The Balaban J connectivity index is 1.53. The van der Waals surface area contributed by atoms with E-state index in [2.05, 4.69) is 21.3 Å². The summed E-state index contributed by atoms with van der Waals surface area (Å²) in [6, 6.07) is 6.64. The lowest BCUT2D eigenvalue weighted by molar-refractivity contribution is -0.270. The molecule has 0 amide bonds. The van der Waals surface area contributed by atoms with E-state index in [1.807, 2.05) is 0 Å². The average Bonchev–Trinajstić information content (AvgIpc) is 2.75. The molecule has 0 atom stereocenters. The topological polar surface area (TPSA) is 203 Å². The van der Waals surface area contributed by atoms with Gasteiger partial charge in [-0.15, -0.1) is 11.5 Å². The van der Waals surface area contributed by atoms with E-state index in [1.54, 1.807) is 0 Å². The van der Waals surface area contributed by atoms with Crippen molar-refractivity contribution in [3.63, 3.8) is 0 Å². The van der Waals surface area contributed by atoms with Crippen LogP contribution >= 0.6 is 0 Å². The first kappa shape index (κ1) is 27.9. The lowest BCUT2D eigenvalue weighted by Crippen LogP contribution is -2.35. The maximum atomic E-state index is 11.8. The standard InChI is InChI=1S/C20H30N4O8S2/c25-19-3-1-17(33(27,28)29)11-15(19)13-23-9-7-21-5-6-22-8-10-24-14-16-12-18(34(30,31)32)2-4-20(16)26/h1-4,11-12,21-26H,5-10,13-14H2,(H,27,28,29)(H,30,31,32)/p-2. The molecule has 0 aliphatic heterocycles. The van der Waals surface area contributed by atoms with Crippen LogP contribution in [0, 0.1) is 0 Å². The summed E-state index contributed by atoms with van der Waals surface area (Å²) in [5.41, 5.74) is 0.496. The molecule has 2 aromatic rings. The molecular weight excluding hydrogens is 488 g/mol. The molecule has 0 aliphatic carbocycles. The van der Waals surface area contributed by atoms with E-state index in [4.69, 9.17) is 9.11 Å². The molecule has 0 saturated carbocycles. The third-order valence-corrected chi connectivity index (χ3v) is 6.43. The highest BCUT2D eigenvalue weighted by molar-refractivity contribution is 7.86. The lowest BCUT2D eigenvalue weighted by atomic mass is 10.2. The van der Waals surface area contributed by atoms with E-state index in [0.717, 1.165) is 36.4 Å². The fourth-order valence-electron chi connectivity index (χ4n) is 2.94. The number of benzene rings is 2. The summed E-state index contributed by atoms with van der Waals surface area (Å²) in [4.78, 5) is -0.634. The highest BCUT2D eigenvalue weighted by Gasteiger charge is 2.11. The second-order valence-corrected chi connectivity index (χ2v) is 10.2. The molecule has 2 aromatic carbocycles. The van der Waals surface area contributed by atoms with Crippen LogP contribution in [0.1, 0.15) is 11.1 Å². The van der Waals surface area contributed by atoms with E-state index in [9.17, 15) is 27.0 Å². The summed E-state index contributed by atoms with van der Waals surface area (Å²) in [6.07, 6.45) is 0. The molecule has 34 heavy (non-hydrogen) atoms. The van der Waals surface area contributed by atoms with Gasteiger partial charge < -0.3 is 31.5 Å². The molecular formula is C20H28N4O8S2-2. The molecule has 6 N–H and O–H groups in total. The van der Waals surface area contributed by atoms with Crippen LogP contribution in [0.3, 0.4) is 0 Å². The van der Waals surface area contributed by atoms with Crippen molar-refractivity contribution in [2.24, 2.45) is 0 Å². The van der Waals surface area contributed by atoms with Crippen LogP contribution in [0.5, 0.6) is 11.5 Å². The highest BCUT2D eigenvalue weighted by Crippen LogP contribution is 2.19. The van der Waals surface area contributed by atoms with Gasteiger partial charge in [-0.2, -0.15) is 16.8 Å². The summed E-state index contributed by atoms with van der Waals surface area (Å²) >= 11 is 0. The number of hydrogen-bond donors (Lipinski definition) is 6. The van der Waals surface area contributed by atoms with Crippen molar-refractivity contribution in [3.8, 4) is 11.5 Å². The van der Waals surface area contributed by atoms with Crippen LogP contribution in [0.2, 0.25) is 0 Å². The molecule has 0 aliphatic rings. The smallest absolute Gasteiger partial charge is 0.294 e. The van der Waals surface area contributed by atoms with Gasteiger partial charge in [0.1, 0.15) is 0 Å². The molecule has 190 valence electrons.